The van der Waals surface area contributed by atoms with Gasteiger partial charge in [-0.1, -0.05) is 111 Å². The van der Waals surface area contributed by atoms with Crippen LogP contribution in [0.4, 0.5) is 0 Å². The number of amides is 1. The van der Waals surface area contributed by atoms with E-state index in [1.165, 1.54) is 83.5 Å². The molecule has 0 saturated heterocycles. The van der Waals surface area contributed by atoms with E-state index in [-0.39, 0.29) is 11.3 Å². The van der Waals surface area contributed by atoms with Gasteiger partial charge in [0.2, 0.25) is 5.91 Å². The van der Waals surface area contributed by atoms with Gasteiger partial charge >= 0.3 is 0 Å². The molecule has 3 heteroatoms. The van der Waals surface area contributed by atoms with Crippen LogP contribution >= 0.6 is 0 Å². The van der Waals surface area contributed by atoms with Crippen LogP contribution in [0.5, 0.6) is 0 Å². The molecule has 0 radical (unpaired) electrons. The maximum atomic E-state index is 11.9. The average molecular weight is 356 g/mol. The topological polar surface area (TPSA) is 49.3 Å². The average Bonchev–Trinajstić information content (AvgIpc) is 2.65. The standard InChI is InChI=1S/C22H45NO2/c1-4-7-8-9-10-11-12-13-14-15-16-17-18-19-20-22(5-2,6-3)21(24)23-25/h25H,4-20H2,1-3H3,(H,23,24). The first-order chi connectivity index (χ1) is 12.2. The van der Waals surface area contributed by atoms with E-state index in [1.807, 2.05) is 19.3 Å². The van der Waals surface area contributed by atoms with Crippen LogP contribution in [0.25, 0.3) is 0 Å². The van der Waals surface area contributed by atoms with E-state index in [0.717, 1.165) is 25.7 Å². The lowest BCUT2D eigenvalue weighted by Gasteiger charge is -2.29. The molecular weight excluding hydrogens is 310 g/mol. The first-order valence-electron chi connectivity index (χ1n) is 11.1. The van der Waals surface area contributed by atoms with Crippen molar-refractivity contribution in [2.45, 2.75) is 130 Å². The van der Waals surface area contributed by atoms with Crippen LogP contribution in [-0.2, 0) is 4.79 Å². The summed E-state index contributed by atoms with van der Waals surface area (Å²) in [5.74, 6) is -0.202. The van der Waals surface area contributed by atoms with E-state index in [2.05, 4.69) is 6.92 Å². The van der Waals surface area contributed by atoms with Crippen molar-refractivity contribution in [3.05, 3.63) is 0 Å². The molecule has 0 aromatic heterocycles. The summed E-state index contributed by atoms with van der Waals surface area (Å²) in [4.78, 5) is 11.9. The number of carbonyl (C=O) groups excluding carboxylic acids is 1. The third-order valence-electron chi connectivity index (χ3n) is 5.95. The van der Waals surface area contributed by atoms with Crippen molar-refractivity contribution in [3.8, 4) is 0 Å². The Bertz CT molecular complexity index is 300. The largest absolute Gasteiger partial charge is 0.289 e. The highest BCUT2D eigenvalue weighted by atomic mass is 16.5. The van der Waals surface area contributed by atoms with Gasteiger partial charge in [-0.15, -0.1) is 0 Å². The van der Waals surface area contributed by atoms with Gasteiger partial charge < -0.3 is 0 Å². The molecule has 0 atom stereocenters. The van der Waals surface area contributed by atoms with Gasteiger partial charge in [-0.05, 0) is 19.3 Å². The highest BCUT2D eigenvalue weighted by Gasteiger charge is 2.33. The number of carbonyl (C=O) groups is 1. The zero-order chi connectivity index (χ0) is 18.8. The molecule has 0 fully saturated rings. The minimum absolute atomic E-state index is 0.202. The van der Waals surface area contributed by atoms with Crippen molar-refractivity contribution in [3.63, 3.8) is 0 Å². The monoisotopic (exact) mass is 355 g/mol. The quantitative estimate of drug-likeness (QED) is 0.155. The van der Waals surface area contributed by atoms with E-state index >= 15 is 0 Å². The van der Waals surface area contributed by atoms with Gasteiger partial charge in [-0.2, -0.15) is 0 Å². The van der Waals surface area contributed by atoms with E-state index < -0.39 is 0 Å². The number of rotatable bonds is 18. The number of nitrogens with one attached hydrogen (secondary N) is 1. The summed E-state index contributed by atoms with van der Waals surface area (Å²) in [6.07, 6.45) is 21.4. The fourth-order valence-electron chi connectivity index (χ4n) is 3.81. The van der Waals surface area contributed by atoms with Gasteiger partial charge in [0, 0.05) is 0 Å². The van der Waals surface area contributed by atoms with E-state index in [1.54, 1.807) is 0 Å². The van der Waals surface area contributed by atoms with Crippen LogP contribution in [0, 0.1) is 5.41 Å². The molecule has 0 aliphatic rings. The van der Waals surface area contributed by atoms with Gasteiger partial charge in [0.1, 0.15) is 0 Å². The zero-order valence-electron chi connectivity index (χ0n) is 17.4. The normalized spacial score (nSPS) is 11.7. The Morgan fingerprint density at radius 1 is 0.680 bits per heavy atom. The molecule has 0 rings (SSSR count). The van der Waals surface area contributed by atoms with Crippen LogP contribution in [0.1, 0.15) is 130 Å². The molecule has 2 N–H and O–H groups in total. The number of hydroxylamine groups is 1. The molecule has 1 amide bonds. The van der Waals surface area contributed by atoms with E-state index in [9.17, 15) is 4.79 Å². The molecule has 150 valence electrons. The van der Waals surface area contributed by atoms with E-state index in [4.69, 9.17) is 5.21 Å². The van der Waals surface area contributed by atoms with Crippen molar-refractivity contribution >= 4 is 5.91 Å². The third kappa shape index (κ3) is 11.6. The summed E-state index contributed by atoms with van der Waals surface area (Å²) in [6, 6.07) is 0. The van der Waals surface area contributed by atoms with Crippen molar-refractivity contribution in [1.29, 1.82) is 0 Å². The zero-order valence-corrected chi connectivity index (χ0v) is 17.4. The molecule has 0 aliphatic heterocycles. The molecule has 0 saturated carbocycles. The minimum atomic E-state index is -0.369. The summed E-state index contributed by atoms with van der Waals surface area (Å²) in [6.45, 7) is 6.36. The molecule has 0 spiro atoms. The maximum absolute atomic E-state index is 11.9. The molecule has 3 nitrogen and oxygen atoms in total. The molecule has 0 aliphatic carbocycles. The summed E-state index contributed by atoms with van der Waals surface area (Å²) < 4.78 is 0. The molecule has 25 heavy (non-hydrogen) atoms. The lowest BCUT2D eigenvalue weighted by atomic mass is 9.77. The SMILES string of the molecule is CCCCCCCCCCCCCCCCC(CC)(CC)C(=O)NO. The summed E-state index contributed by atoms with van der Waals surface area (Å²) >= 11 is 0. The Labute approximate surface area is 157 Å². The third-order valence-corrected chi connectivity index (χ3v) is 5.95. The fourth-order valence-corrected chi connectivity index (χ4v) is 3.81. The van der Waals surface area contributed by atoms with Crippen LogP contribution in [0.15, 0.2) is 0 Å². The highest BCUT2D eigenvalue weighted by Crippen LogP contribution is 2.33. The minimum Gasteiger partial charge on any atom is -0.289 e. The Morgan fingerprint density at radius 3 is 1.36 bits per heavy atom. The number of hydrogen-bond donors (Lipinski definition) is 2. The summed E-state index contributed by atoms with van der Waals surface area (Å²) in [7, 11) is 0. The predicted octanol–water partition coefficient (Wildman–Crippen LogP) is 7.17. The Morgan fingerprint density at radius 2 is 1.04 bits per heavy atom. The summed E-state index contributed by atoms with van der Waals surface area (Å²) in [5, 5.41) is 8.95. The molecule has 0 aromatic rings. The summed E-state index contributed by atoms with van der Waals surface area (Å²) in [5.41, 5.74) is 1.50. The first-order valence-corrected chi connectivity index (χ1v) is 11.1. The van der Waals surface area contributed by atoms with Crippen LogP contribution in [0.2, 0.25) is 0 Å². The molecule has 0 bridgehead atoms. The molecule has 0 unspecified atom stereocenters. The first kappa shape index (κ1) is 24.4. The Balaban J connectivity index is 3.47. The molecular formula is C22H45NO2. The van der Waals surface area contributed by atoms with Gasteiger partial charge in [-0.25, -0.2) is 5.48 Å². The van der Waals surface area contributed by atoms with Gasteiger partial charge in [0.25, 0.3) is 0 Å². The highest BCUT2D eigenvalue weighted by molar-refractivity contribution is 5.81. The number of hydrogen-bond acceptors (Lipinski definition) is 2. The van der Waals surface area contributed by atoms with Crippen molar-refractivity contribution in [1.82, 2.24) is 5.48 Å². The van der Waals surface area contributed by atoms with Gasteiger partial charge in [0.05, 0.1) is 5.41 Å². The van der Waals surface area contributed by atoms with Gasteiger partial charge in [0.15, 0.2) is 0 Å². The lowest BCUT2D eigenvalue weighted by Crippen LogP contribution is -2.38. The number of unbranched alkanes of at least 4 members (excludes halogenated alkanes) is 13. The van der Waals surface area contributed by atoms with Crippen molar-refractivity contribution in [2.75, 3.05) is 0 Å². The second kappa shape index (κ2) is 16.9. The fraction of sp³-hybridized carbons (Fsp3) is 0.955. The van der Waals surface area contributed by atoms with Crippen molar-refractivity contribution in [2.24, 2.45) is 5.41 Å². The van der Waals surface area contributed by atoms with Crippen LogP contribution in [-0.4, -0.2) is 11.1 Å². The maximum Gasteiger partial charge on any atom is 0.249 e. The van der Waals surface area contributed by atoms with Crippen molar-refractivity contribution < 1.29 is 10.0 Å². The van der Waals surface area contributed by atoms with Crippen LogP contribution in [0.3, 0.4) is 0 Å². The van der Waals surface area contributed by atoms with Crippen LogP contribution < -0.4 is 5.48 Å². The molecule has 0 aromatic carbocycles. The molecule has 0 heterocycles. The second-order valence-electron chi connectivity index (χ2n) is 7.77. The predicted molar refractivity (Wildman–Crippen MR) is 108 cm³/mol. The van der Waals surface area contributed by atoms with E-state index in [0.29, 0.717) is 0 Å². The Kier molecular flexibility index (Phi) is 16.5. The Hall–Kier alpha value is -0.570. The lowest BCUT2D eigenvalue weighted by molar-refractivity contribution is -0.141. The van der Waals surface area contributed by atoms with Gasteiger partial charge in [-0.3, -0.25) is 10.0 Å². The smallest absolute Gasteiger partial charge is 0.249 e. The second-order valence-corrected chi connectivity index (χ2v) is 7.77.